The molecule has 0 bridgehead atoms. The second kappa shape index (κ2) is 5.99. The minimum Gasteiger partial charge on any atom is -0.361 e. The van der Waals surface area contributed by atoms with Crippen molar-refractivity contribution < 1.29 is 9.32 Å². The fraction of sp³-hybridized carbons (Fsp3) is 0.500. The molecule has 130 valence electrons. The fourth-order valence-electron chi connectivity index (χ4n) is 4.18. The number of carbonyl (C=O) groups excluding carboxylic acids is 1. The van der Waals surface area contributed by atoms with Gasteiger partial charge in [-0.05, 0) is 30.2 Å². The lowest BCUT2D eigenvalue weighted by Gasteiger charge is -2.19. The summed E-state index contributed by atoms with van der Waals surface area (Å²) >= 11 is 0. The fourth-order valence-corrected chi connectivity index (χ4v) is 4.18. The van der Waals surface area contributed by atoms with Crippen LogP contribution in [0.3, 0.4) is 0 Å². The average molecular weight is 337 g/mol. The minimum atomic E-state index is 0.0625. The highest BCUT2D eigenvalue weighted by molar-refractivity contribution is 5.78. The molecule has 2 aromatic rings. The van der Waals surface area contributed by atoms with Gasteiger partial charge in [-0.2, -0.15) is 0 Å². The summed E-state index contributed by atoms with van der Waals surface area (Å²) in [6.07, 6.45) is 2.70. The van der Waals surface area contributed by atoms with E-state index in [1.165, 1.54) is 18.4 Å². The topological polar surface area (TPSA) is 58.4 Å². The number of nitrogens with one attached hydrogen (secondary N) is 1. The summed E-state index contributed by atoms with van der Waals surface area (Å²) in [4.78, 5) is 14.7. The highest BCUT2D eigenvalue weighted by atomic mass is 16.5. The summed E-state index contributed by atoms with van der Waals surface area (Å²) < 4.78 is 5.30. The third kappa shape index (κ3) is 3.21. The van der Waals surface area contributed by atoms with Crippen molar-refractivity contribution in [1.29, 1.82) is 0 Å². The van der Waals surface area contributed by atoms with Gasteiger partial charge in [0.2, 0.25) is 5.91 Å². The maximum Gasteiger partial charge on any atom is 0.227 e. The molecule has 1 saturated heterocycles. The molecule has 1 aromatic heterocycles. The van der Waals surface area contributed by atoms with Crippen LogP contribution in [0.4, 0.5) is 0 Å². The van der Waals surface area contributed by atoms with Gasteiger partial charge in [0, 0.05) is 37.7 Å². The van der Waals surface area contributed by atoms with Crippen LogP contribution in [0.2, 0.25) is 0 Å². The maximum absolute atomic E-state index is 12.2. The van der Waals surface area contributed by atoms with E-state index in [0.717, 1.165) is 25.3 Å². The summed E-state index contributed by atoms with van der Waals surface area (Å²) in [7, 11) is 0. The van der Waals surface area contributed by atoms with Crippen LogP contribution in [0.15, 0.2) is 40.9 Å². The molecule has 25 heavy (non-hydrogen) atoms. The van der Waals surface area contributed by atoms with Gasteiger partial charge in [-0.3, -0.25) is 9.69 Å². The molecule has 3 atom stereocenters. The molecule has 1 unspecified atom stereocenters. The van der Waals surface area contributed by atoms with E-state index >= 15 is 0 Å². The van der Waals surface area contributed by atoms with Crippen molar-refractivity contribution in [3.05, 3.63) is 53.4 Å². The summed E-state index contributed by atoms with van der Waals surface area (Å²) in [5.41, 5.74) is 2.38. The van der Waals surface area contributed by atoms with Gasteiger partial charge >= 0.3 is 0 Å². The third-order valence-electron chi connectivity index (χ3n) is 5.75. The number of likely N-dealkylation sites (tertiary alicyclic amines) is 1. The molecule has 2 heterocycles. The van der Waals surface area contributed by atoms with Gasteiger partial charge in [0.1, 0.15) is 5.76 Å². The number of benzene rings is 1. The molecule has 5 nitrogen and oxygen atoms in total. The molecule has 1 N–H and O–H groups in total. The Labute approximate surface area is 147 Å². The van der Waals surface area contributed by atoms with Crippen molar-refractivity contribution in [3.8, 4) is 0 Å². The molecule has 1 amide bonds. The first-order valence-electron chi connectivity index (χ1n) is 9.27. The zero-order chi connectivity index (χ0) is 16.8. The molecular weight excluding hydrogens is 314 g/mol. The van der Waals surface area contributed by atoms with E-state index in [1.807, 2.05) is 6.07 Å². The van der Waals surface area contributed by atoms with Gasteiger partial charge in [0.25, 0.3) is 0 Å². The number of piperidine rings is 1. The van der Waals surface area contributed by atoms with Crippen LogP contribution in [0.5, 0.6) is 0 Å². The lowest BCUT2D eigenvalue weighted by atomic mass is 10.2. The number of aromatic nitrogens is 1. The molecule has 3 aliphatic rings. The van der Waals surface area contributed by atoms with E-state index in [-0.39, 0.29) is 5.91 Å². The summed E-state index contributed by atoms with van der Waals surface area (Å²) in [5.74, 6) is 2.55. The quantitative estimate of drug-likeness (QED) is 0.879. The molecule has 1 aliphatic heterocycles. The van der Waals surface area contributed by atoms with Crippen LogP contribution in [0, 0.1) is 11.8 Å². The van der Waals surface area contributed by atoms with E-state index < -0.39 is 0 Å². The first-order chi connectivity index (χ1) is 12.3. The first-order valence-corrected chi connectivity index (χ1v) is 9.27. The minimum absolute atomic E-state index is 0.0625. The van der Waals surface area contributed by atoms with Crippen molar-refractivity contribution in [2.45, 2.75) is 37.8 Å². The molecule has 0 spiro atoms. The third-order valence-corrected chi connectivity index (χ3v) is 5.75. The highest BCUT2D eigenvalue weighted by Gasteiger charge is 2.56. The molecule has 3 fully saturated rings. The largest absolute Gasteiger partial charge is 0.361 e. The summed E-state index contributed by atoms with van der Waals surface area (Å²) in [6.45, 7) is 3.17. The van der Waals surface area contributed by atoms with Crippen molar-refractivity contribution in [1.82, 2.24) is 15.4 Å². The zero-order valence-corrected chi connectivity index (χ0v) is 14.2. The van der Waals surface area contributed by atoms with Gasteiger partial charge in [-0.1, -0.05) is 35.5 Å². The number of rotatable bonds is 6. The Morgan fingerprint density at radius 1 is 1.20 bits per heavy atom. The van der Waals surface area contributed by atoms with E-state index in [2.05, 4.69) is 45.7 Å². The van der Waals surface area contributed by atoms with Crippen LogP contribution in [0.25, 0.3) is 0 Å². The van der Waals surface area contributed by atoms with Crippen LogP contribution < -0.4 is 5.32 Å². The highest BCUT2D eigenvalue weighted by Crippen LogP contribution is 2.46. The van der Waals surface area contributed by atoms with Crippen LogP contribution >= 0.6 is 0 Å². The Hall–Kier alpha value is -2.14. The monoisotopic (exact) mass is 337 g/mol. The normalized spacial score (nSPS) is 27.9. The number of hydrogen-bond donors (Lipinski definition) is 1. The Bertz CT molecular complexity index is 756. The maximum atomic E-state index is 12.2. The average Bonchev–Trinajstić information content (AvgIpc) is 3.45. The number of carbonyl (C=O) groups is 1. The van der Waals surface area contributed by atoms with Gasteiger partial charge in [0.05, 0.1) is 12.1 Å². The van der Waals surface area contributed by atoms with Gasteiger partial charge in [0.15, 0.2) is 0 Å². The summed E-state index contributed by atoms with van der Waals surface area (Å²) in [6, 6.07) is 12.9. The lowest BCUT2D eigenvalue weighted by molar-refractivity contribution is -0.121. The van der Waals surface area contributed by atoms with E-state index in [9.17, 15) is 4.79 Å². The Morgan fingerprint density at radius 2 is 1.96 bits per heavy atom. The van der Waals surface area contributed by atoms with E-state index in [1.54, 1.807) is 0 Å². The van der Waals surface area contributed by atoms with Crippen molar-refractivity contribution in [2.75, 3.05) is 13.1 Å². The molecule has 1 aromatic carbocycles. The number of hydrogen-bond acceptors (Lipinski definition) is 4. The molecule has 5 heteroatoms. The predicted octanol–water partition coefficient (Wildman–Crippen LogP) is 2.34. The zero-order valence-electron chi connectivity index (χ0n) is 14.2. The van der Waals surface area contributed by atoms with E-state index in [4.69, 9.17) is 4.52 Å². The van der Waals surface area contributed by atoms with Gasteiger partial charge < -0.3 is 9.84 Å². The standard InChI is InChI=1S/C20H23N3O2/c24-19(9-15-8-18(22-25-15)14-6-7-14)21-20-16-11-23(12-17(16)20)10-13-4-2-1-3-5-13/h1-5,8,14,16-17,20H,6-7,9-12H2,(H,21,24)/t16-,17+,20?. The number of nitrogens with zero attached hydrogens (tertiary/aromatic N) is 2. The van der Waals surface area contributed by atoms with E-state index in [0.29, 0.717) is 36.0 Å². The second-order valence-electron chi connectivity index (χ2n) is 7.77. The van der Waals surface area contributed by atoms with Gasteiger partial charge in [-0.15, -0.1) is 0 Å². The predicted molar refractivity (Wildman–Crippen MR) is 92.8 cm³/mol. The second-order valence-corrected chi connectivity index (χ2v) is 7.77. The Kier molecular flexibility index (Phi) is 3.63. The van der Waals surface area contributed by atoms with Crippen molar-refractivity contribution in [2.24, 2.45) is 11.8 Å². The smallest absolute Gasteiger partial charge is 0.227 e. The van der Waals surface area contributed by atoms with Crippen LogP contribution in [0.1, 0.15) is 35.8 Å². The first kappa shape index (κ1) is 15.1. The molecular formula is C20H23N3O2. The SMILES string of the molecule is O=C(Cc1cc(C2CC2)no1)NC1[C@H]2CN(Cc3ccccc3)C[C@@H]12. The van der Waals surface area contributed by atoms with Crippen molar-refractivity contribution >= 4 is 5.91 Å². The molecule has 2 aliphatic carbocycles. The lowest BCUT2D eigenvalue weighted by Crippen LogP contribution is -2.35. The summed E-state index contributed by atoms with van der Waals surface area (Å²) in [5, 5.41) is 7.26. The Balaban J connectivity index is 1.09. The van der Waals surface area contributed by atoms with Gasteiger partial charge in [-0.25, -0.2) is 0 Å². The van der Waals surface area contributed by atoms with Crippen LogP contribution in [-0.4, -0.2) is 35.1 Å². The molecule has 0 radical (unpaired) electrons. The molecule has 2 saturated carbocycles. The molecule has 5 rings (SSSR count). The number of fused-ring (bicyclic) bond motifs is 1. The van der Waals surface area contributed by atoms with Crippen molar-refractivity contribution in [3.63, 3.8) is 0 Å². The number of amides is 1. The Morgan fingerprint density at radius 3 is 2.68 bits per heavy atom. The van der Waals surface area contributed by atoms with Crippen LogP contribution in [-0.2, 0) is 17.8 Å².